The molecule has 0 aliphatic carbocycles. The Hall–Kier alpha value is -3.20. The Balaban J connectivity index is 0.000000491. The van der Waals surface area contributed by atoms with Gasteiger partial charge in [0.15, 0.2) is 0 Å². The first kappa shape index (κ1) is 22.5. The number of hydrogen-bond donors (Lipinski definition) is 1. The Morgan fingerprint density at radius 1 is 0.839 bits per heavy atom. The number of rotatable bonds is 3. The minimum Gasteiger partial charge on any atom is -0.497 e. The van der Waals surface area contributed by atoms with E-state index >= 15 is 0 Å². The van der Waals surface area contributed by atoms with E-state index in [0.717, 1.165) is 39.1 Å². The summed E-state index contributed by atoms with van der Waals surface area (Å²) >= 11 is 0. The number of halogens is 1. The lowest BCUT2D eigenvalue weighted by Crippen LogP contribution is -2.70. The van der Waals surface area contributed by atoms with Crippen LogP contribution in [0.25, 0.3) is 22.3 Å². The third-order valence-corrected chi connectivity index (χ3v) is 4.35. The van der Waals surface area contributed by atoms with Gasteiger partial charge in [0, 0.05) is 17.7 Å². The fraction of sp³-hybridized carbons (Fsp3) is 0.0870. The van der Waals surface area contributed by atoms with Crippen LogP contribution in [-0.2, 0) is 0 Å². The van der Waals surface area contributed by atoms with Crippen LogP contribution in [0, 0.1) is 17.2 Å². The molecular formula is C23H20ClNO6. The molecule has 0 atom stereocenters. The molecule has 3 aromatic carbocycles. The fourth-order valence-corrected chi connectivity index (χ4v) is 2.98. The number of fused-ring (bicyclic) bond motifs is 1. The van der Waals surface area contributed by atoms with Crippen LogP contribution in [0.5, 0.6) is 5.75 Å². The quantitative estimate of drug-likeness (QED) is 0.433. The first-order chi connectivity index (χ1) is 14.7. The molecule has 0 fully saturated rings. The molecule has 8 heteroatoms. The molecule has 0 saturated heterocycles. The van der Waals surface area contributed by atoms with Crippen LogP contribution in [0.4, 0.5) is 5.69 Å². The third-order valence-electron chi connectivity index (χ3n) is 4.35. The highest BCUT2D eigenvalue weighted by atomic mass is 35.7. The van der Waals surface area contributed by atoms with E-state index in [4.69, 9.17) is 27.8 Å². The highest BCUT2D eigenvalue weighted by Crippen LogP contribution is 2.24. The second-order valence-electron chi connectivity index (χ2n) is 6.62. The highest BCUT2D eigenvalue weighted by Gasteiger charge is 2.10. The molecule has 7 nitrogen and oxygen atoms in total. The van der Waals surface area contributed by atoms with Gasteiger partial charge in [0.25, 0.3) is 0 Å². The van der Waals surface area contributed by atoms with E-state index in [-0.39, 0.29) is 0 Å². The molecule has 0 radical (unpaired) electrons. The lowest BCUT2D eigenvalue weighted by atomic mass is 10.1. The van der Waals surface area contributed by atoms with Crippen molar-refractivity contribution in [1.29, 1.82) is 0 Å². The zero-order valence-electron chi connectivity index (χ0n) is 16.8. The van der Waals surface area contributed by atoms with Crippen molar-refractivity contribution in [2.24, 2.45) is 0 Å². The van der Waals surface area contributed by atoms with Crippen LogP contribution in [0.3, 0.4) is 0 Å². The summed E-state index contributed by atoms with van der Waals surface area (Å²) < 4.78 is 45.4. The van der Waals surface area contributed by atoms with Crippen LogP contribution >= 0.6 is 0 Å². The maximum Gasteiger partial charge on any atom is 0.218 e. The average molecular weight is 442 g/mol. The summed E-state index contributed by atoms with van der Waals surface area (Å²) in [6.07, 6.45) is 0. The number of nitrogens with one attached hydrogen (secondary N) is 1. The molecule has 160 valence electrons. The van der Waals surface area contributed by atoms with E-state index in [1.54, 1.807) is 7.11 Å². The van der Waals surface area contributed by atoms with Gasteiger partial charge in [-0.1, -0.05) is 29.8 Å². The van der Waals surface area contributed by atoms with Gasteiger partial charge >= 0.3 is 0 Å². The predicted octanol–water partition coefficient (Wildman–Crippen LogP) is -1.03. The molecule has 31 heavy (non-hydrogen) atoms. The Morgan fingerprint density at radius 3 is 2.10 bits per heavy atom. The summed E-state index contributed by atoms with van der Waals surface area (Å²) in [6.45, 7) is 2.09. The second-order valence-corrected chi connectivity index (χ2v) is 7.38. The summed E-state index contributed by atoms with van der Waals surface area (Å²) in [5.41, 5.74) is 4.09. The second kappa shape index (κ2) is 9.74. The van der Waals surface area contributed by atoms with Crippen molar-refractivity contribution in [1.82, 2.24) is 0 Å². The third kappa shape index (κ3) is 6.65. The van der Waals surface area contributed by atoms with Gasteiger partial charge in [0.05, 0.1) is 18.6 Å². The molecule has 1 heterocycles. The van der Waals surface area contributed by atoms with Crippen molar-refractivity contribution < 1.29 is 43.0 Å². The van der Waals surface area contributed by atoms with Crippen LogP contribution in [0.2, 0.25) is 0 Å². The normalized spacial score (nSPS) is 11.7. The van der Waals surface area contributed by atoms with Gasteiger partial charge < -0.3 is 9.15 Å². The van der Waals surface area contributed by atoms with Crippen LogP contribution in [0.15, 0.2) is 83.3 Å². The minimum absolute atomic E-state index is 0.808. The highest BCUT2D eigenvalue weighted by molar-refractivity contribution is 5.78. The van der Waals surface area contributed by atoms with Gasteiger partial charge in [-0.05, 0) is 43.3 Å². The van der Waals surface area contributed by atoms with Crippen LogP contribution < -0.4 is 33.7 Å². The number of methoxy groups -OCH3 is 1. The maximum atomic E-state index is 8.49. The standard InChI is InChI=1S/C23H19NO2.ClHO4/c1-16-8-13-22-20(14-16)21(24-18-6-4-3-5-7-18)15-23(26-22)17-9-11-19(25-2)12-10-17;2-1(3,4)5/h3-15H,1-2H3;(H,2,3,4,5). The molecule has 0 saturated carbocycles. The van der Waals surface area contributed by atoms with E-state index < -0.39 is 10.2 Å². The molecule has 0 spiro atoms. The van der Waals surface area contributed by atoms with Crippen molar-refractivity contribution in [2.45, 2.75) is 6.92 Å². The molecule has 1 N–H and O–H groups in total. The van der Waals surface area contributed by atoms with Crippen LogP contribution in [0.1, 0.15) is 5.56 Å². The van der Waals surface area contributed by atoms with E-state index in [9.17, 15) is 0 Å². The van der Waals surface area contributed by atoms with Gasteiger partial charge in [0.1, 0.15) is 17.1 Å². The molecule has 0 aliphatic rings. The van der Waals surface area contributed by atoms with Gasteiger partial charge in [-0.2, -0.15) is 0 Å². The number of para-hydroxylation sites is 1. The van der Waals surface area contributed by atoms with E-state index in [1.807, 2.05) is 48.5 Å². The van der Waals surface area contributed by atoms with Crippen molar-refractivity contribution in [2.75, 3.05) is 7.11 Å². The van der Waals surface area contributed by atoms with E-state index in [1.165, 1.54) is 5.56 Å². The largest absolute Gasteiger partial charge is 0.497 e. The topological polar surface area (TPSA) is 129 Å². The first-order valence-corrected chi connectivity index (χ1v) is 10.4. The molecule has 0 aliphatic heterocycles. The van der Waals surface area contributed by atoms with Crippen molar-refractivity contribution in [3.63, 3.8) is 0 Å². The SMILES string of the molecule is COc1ccc(-c2cc(=[NH+]c3ccccc3)c3cc(C)ccc3o2)cc1.[O-][Cl+3]([O-])([O-])[O-]. The van der Waals surface area contributed by atoms with E-state index in [2.05, 4.69) is 42.2 Å². The average Bonchev–Trinajstić information content (AvgIpc) is 2.73. The van der Waals surface area contributed by atoms with Gasteiger partial charge in [-0.3, -0.25) is 0 Å². The lowest BCUT2D eigenvalue weighted by Gasteiger charge is -2.17. The summed E-state index contributed by atoms with van der Waals surface area (Å²) in [5.74, 6) is 1.63. The van der Waals surface area contributed by atoms with Crippen molar-refractivity contribution in [3.05, 3.63) is 89.8 Å². The molecule has 4 rings (SSSR count). The van der Waals surface area contributed by atoms with Gasteiger partial charge in [-0.25, -0.2) is 23.6 Å². The van der Waals surface area contributed by atoms with Gasteiger partial charge in [0.2, 0.25) is 11.0 Å². The first-order valence-electron chi connectivity index (χ1n) is 9.19. The summed E-state index contributed by atoms with van der Waals surface area (Å²) in [6, 6.07) is 26.3. The smallest absolute Gasteiger partial charge is 0.218 e. The number of ether oxygens (including phenoxy) is 1. The van der Waals surface area contributed by atoms with Crippen molar-refractivity contribution in [3.8, 4) is 17.1 Å². The number of aryl methyl sites for hydroxylation is 1. The van der Waals surface area contributed by atoms with Crippen LogP contribution in [-0.4, -0.2) is 7.11 Å². The summed E-state index contributed by atoms with van der Waals surface area (Å²) in [7, 11) is -3.28. The molecular weight excluding hydrogens is 422 g/mol. The molecule has 4 aromatic rings. The zero-order valence-corrected chi connectivity index (χ0v) is 17.6. The Labute approximate surface area is 180 Å². The fourth-order valence-electron chi connectivity index (χ4n) is 2.98. The van der Waals surface area contributed by atoms with Crippen molar-refractivity contribution >= 4 is 16.7 Å². The minimum atomic E-state index is -4.94. The number of hydrogen-bond acceptors (Lipinski definition) is 6. The maximum absolute atomic E-state index is 8.49. The lowest BCUT2D eigenvalue weighted by molar-refractivity contribution is -2.00. The van der Waals surface area contributed by atoms with E-state index in [0.29, 0.717) is 0 Å². The Kier molecular flexibility index (Phi) is 7.06. The molecule has 1 aromatic heterocycles. The predicted molar refractivity (Wildman–Crippen MR) is 103 cm³/mol. The molecule has 0 unspecified atom stereocenters. The molecule has 0 bridgehead atoms. The summed E-state index contributed by atoms with van der Waals surface area (Å²) in [5, 5.41) is 2.08. The Morgan fingerprint density at radius 2 is 1.48 bits per heavy atom. The molecule has 0 amide bonds. The zero-order chi connectivity index (χ0) is 22.4. The monoisotopic (exact) mass is 441 g/mol. The Bertz CT molecular complexity index is 1210. The summed E-state index contributed by atoms with van der Waals surface area (Å²) in [4.78, 5) is 3.52. The number of benzene rings is 3. The van der Waals surface area contributed by atoms with Gasteiger partial charge in [-0.15, -0.1) is 10.2 Å².